The van der Waals surface area contributed by atoms with Gasteiger partial charge in [-0.15, -0.1) is 0 Å². The molecule has 3 rings (SSSR count). The van der Waals surface area contributed by atoms with Crippen molar-refractivity contribution in [3.8, 4) is 0 Å². The van der Waals surface area contributed by atoms with Crippen LogP contribution < -0.4 is 11.1 Å². The van der Waals surface area contributed by atoms with Gasteiger partial charge in [0.25, 0.3) is 0 Å². The fraction of sp³-hybridized carbons (Fsp3) is 0.412. The van der Waals surface area contributed by atoms with Gasteiger partial charge in [-0.1, -0.05) is 31.4 Å². The molecule has 110 valence electrons. The van der Waals surface area contributed by atoms with Gasteiger partial charge >= 0.3 is 0 Å². The number of pyridine rings is 1. The summed E-state index contributed by atoms with van der Waals surface area (Å²) < 4.78 is 0. The highest BCUT2D eigenvalue weighted by molar-refractivity contribution is 5.80. The van der Waals surface area contributed by atoms with Crippen LogP contribution in [0.1, 0.15) is 37.7 Å². The van der Waals surface area contributed by atoms with Crippen LogP contribution in [-0.4, -0.2) is 17.0 Å². The average Bonchev–Trinajstić information content (AvgIpc) is 2.54. The molecule has 2 aromatic rings. The van der Waals surface area contributed by atoms with Crippen LogP contribution in [0.2, 0.25) is 0 Å². The highest BCUT2D eigenvalue weighted by atomic mass is 15.1. The molecule has 1 aromatic heterocycles. The molecule has 0 aliphatic heterocycles. The molecule has 1 heterocycles. The van der Waals surface area contributed by atoms with Crippen LogP contribution in [0, 0.1) is 0 Å². The molecule has 1 aliphatic carbocycles. The maximum atomic E-state index is 5.99. The molecule has 0 radical (unpaired) electrons. The number of nitrogens with zero attached hydrogens (tertiary/aromatic N) is 2. The lowest BCUT2D eigenvalue weighted by molar-refractivity contribution is 0.412. The number of aromatic nitrogens is 1. The van der Waals surface area contributed by atoms with Gasteiger partial charge in [0.1, 0.15) is 0 Å². The molecule has 4 heteroatoms. The van der Waals surface area contributed by atoms with Gasteiger partial charge in [-0.05, 0) is 36.6 Å². The predicted octanol–water partition coefficient (Wildman–Crippen LogP) is 2.97. The second kappa shape index (κ2) is 6.57. The molecule has 1 aliphatic rings. The lowest BCUT2D eigenvalue weighted by Crippen LogP contribution is -2.41. The maximum Gasteiger partial charge on any atom is 0.189 e. The Hall–Kier alpha value is -2.10. The van der Waals surface area contributed by atoms with Gasteiger partial charge in [0.2, 0.25) is 0 Å². The summed E-state index contributed by atoms with van der Waals surface area (Å²) in [6, 6.07) is 10.7. The highest BCUT2D eigenvalue weighted by Crippen LogP contribution is 2.17. The van der Waals surface area contributed by atoms with E-state index >= 15 is 0 Å². The smallest absolute Gasteiger partial charge is 0.189 e. The molecule has 0 atom stereocenters. The number of hydrogen-bond acceptors (Lipinski definition) is 2. The van der Waals surface area contributed by atoms with Crippen LogP contribution in [0.3, 0.4) is 0 Å². The Morgan fingerprint density at radius 1 is 1.24 bits per heavy atom. The van der Waals surface area contributed by atoms with Crippen molar-refractivity contribution in [2.24, 2.45) is 10.7 Å². The van der Waals surface area contributed by atoms with E-state index in [1.54, 1.807) is 0 Å². The highest BCUT2D eigenvalue weighted by Gasteiger charge is 2.13. The fourth-order valence-corrected chi connectivity index (χ4v) is 2.90. The van der Waals surface area contributed by atoms with Crippen molar-refractivity contribution in [2.75, 3.05) is 0 Å². The third-order valence-corrected chi connectivity index (χ3v) is 4.06. The summed E-state index contributed by atoms with van der Waals surface area (Å²) in [6.07, 6.45) is 8.16. The number of hydrogen-bond donors (Lipinski definition) is 2. The molecule has 3 N–H and O–H groups in total. The quantitative estimate of drug-likeness (QED) is 0.672. The molecule has 1 fully saturated rings. The lowest BCUT2D eigenvalue weighted by atomic mass is 9.96. The monoisotopic (exact) mass is 282 g/mol. The average molecular weight is 282 g/mol. The Labute approximate surface area is 125 Å². The minimum absolute atomic E-state index is 0.503. The second-order valence-corrected chi connectivity index (χ2v) is 5.71. The summed E-state index contributed by atoms with van der Waals surface area (Å²) in [5.41, 5.74) is 8.16. The molecular weight excluding hydrogens is 260 g/mol. The Kier molecular flexibility index (Phi) is 4.34. The number of nitrogens with one attached hydrogen (secondary N) is 1. The van der Waals surface area contributed by atoms with Crippen LogP contribution in [0.4, 0.5) is 0 Å². The van der Waals surface area contributed by atoms with Gasteiger partial charge in [0.15, 0.2) is 5.96 Å². The SMILES string of the molecule is NC(=NCc1ccc2ncccc2c1)NC1CCCCC1. The van der Waals surface area contributed by atoms with Crippen molar-refractivity contribution in [3.63, 3.8) is 0 Å². The van der Waals surface area contributed by atoms with Gasteiger partial charge in [-0.3, -0.25) is 4.98 Å². The fourth-order valence-electron chi connectivity index (χ4n) is 2.90. The summed E-state index contributed by atoms with van der Waals surface area (Å²) >= 11 is 0. The number of nitrogens with two attached hydrogens (primary N) is 1. The van der Waals surface area contributed by atoms with E-state index in [-0.39, 0.29) is 0 Å². The summed E-state index contributed by atoms with van der Waals surface area (Å²) in [5.74, 6) is 0.563. The Balaban J connectivity index is 1.62. The molecule has 0 unspecified atom stereocenters. The summed E-state index contributed by atoms with van der Waals surface area (Å²) in [6.45, 7) is 0.608. The normalized spacial score (nSPS) is 17.0. The standard InChI is InChI=1S/C17H22N4/c18-17(21-15-6-2-1-3-7-15)20-12-13-8-9-16-14(11-13)5-4-10-19-16/h4-5,8-11,15H,1-3,6-7,12H2,(H3,18,20,21). The third-order valence-electron chi connectivity index (χ3n) is 4.06. The Morgan fingerprint density at radius 3 is 2.95 bits per heavy atom. The van der Waals surface area contributed by atoms with Crippen LogP contribution in [-0.2, 0) is 6.54 Å². The molecule has 0 saturated heterocycles. The molecule has 1 aromatic carbocycles. The first-order valence-corrected chi connectivity index (χ1v) is 7.71. The molecule has 0 amide bonds. The second-order valence-electron chi connectivity index (χ2n) is 5.71. The molecule has 21 heavy (non-hydrogen) atoms. The number of rotatable bonds is 3. The van der Waals surface area contributed by atoms with E-state index in [0.717, 1.165) is 16.5 Å². The van der Waals surface area contributed by atoms with E-state index in [4.69, 9.17) is 5.73 Å². The zero-order valence-corrected chi connectivity index (χ0v) is 12.3. The first-order chi connectivity index (χ1) is 10.3. The van der Waals surface area contributed by atoms with Crippen LogP contribution in [0.25, 0.3) is 10.9 Å². The Bertz CT molecular complexity index is 629. The minimum Gasteiger partial charge on any atom is -0.370 e. The van der Waals surface area contributed by atoms with E-state index in [0.29, 0.717) is 18.5 Å². The van der Waals surface area contributed by atoms with E-state index in [1.807, 2.05) is 18.3 Å². The van der Waals surface area contributed by atoms with Gasteiger partial charge < -0.3 is 11.1 Å². The van der Waals surface area contributed by atoms with Crippen molar-refractivity contribution in [3.05, 3.63) is 42.1 Å². The Morgan fingerprint density at radius 2 is 2.10 bits per heavy atom. The molecule has 4 nitrogen and oxygen atoms in total. The molecule has 0 bridgehead atoms. The van der Waals surface area contributed by atoms with Crippen LogP contribution in [0.15, 0.2) is 41.5 Å². The number of benzene rings is 1. The third kappa shape index (κ3) is 3.72. The van der Waals surface area contributed by atoms with Gasteiger partial charge in [0, 0.05) is 17.6 Å². The summed E-state index contributed by atoms with van der Waals surface area (Å²) in [4.78, 5) is 8.78. The van der Waals surface area contributed by atoms with E-state index < -0.39 is 0 Å². The van der Waals surface area contributed by atoms with Crippen molar-refractivity contribution in [1.82, 2.24) is 10.3 Å². The van der Waals surface area contributed by atoms with Crippen molar-refractivity contribution >= 4 is 16.9 Å². The maximum absolute atomic E-state index is 5.99. The molecular formula is C17H22N4. The number of fused-ring (bicyclic) bond motifs is 1. The van der Waals surface area contributed by atoms with E-state index in [1.165, 1.54) is 32.1 Å². The zero-order chi connectivity index (χ0) is 14.5. The first-order valence-electron chi connectivity index (χ1n) is 7.71. The lowest BCUT2D eigenvalue weighted by Gasteiger charge is -2.23. The summed E-state index contributed by atoms with van der Waals surface area (Å²) in [7, 11) is 0. The largest absolute Gasteiger partial charge is 0.370 e. The topological polar surface area (TPSA) is 63.3 Å². The van der Waals surface area contributed by atoms with E-state index in [2.05, 4.69) is 33.5 Å². The van der Waals surface area contributed by atoms with Gasteiger partial charge in [-0.2, -0.15) is 0 Å². The van der Waals surface area contributed by atoms with Gasteiger partial charge in [0.05, 0.1) is 12.1 Å². The van der Waals surface area contributed by atoms with Crippen molar-refractivity contribution < 1.29 is 0 Å². The van der Waals surface area contributed by atoms with Crippen molar-refractivity contribution in [2.45, 2.75) is 44.7 Å². The molecule has 0 spiro atoms. The van der Waals surface area contributed by atoms with Gasteiger partial charge in [-0.25, -0.2) is 4.99 Å². The number of aliphatic imine (C=N–C) groups is 1. The van der Waals surface area contributed by atoms with Crippen LogP contribution in [0.5, 0.6) is 0 Å². The summed E-state index contributed by atoms with van der Waals surface area (Å²) in [5, 5.41) is 4.48. The predicted molar refractivity (Wildman–Crippen MR) is 87.1 cm³/mol. The van der Waals surface area contributed by atoms with Crippen LogP contribution >= 0.6 is 0 Å². The zero-order valence-electron chi connectivity index (χ0n) is 12.3. The van der Waals surface area contributed by atoms with Crippen molar-refractivity contribution in [1.29, 1.82) is 0 Å². The number of guanidine groups is 1. The minimum atomic E-state index is 0.503. The van der Waals surface area contributed by atoms with E-state index in [9.17, 15) is 0 Å². The first kappa shape index (κ1) is 13.9. The molecule has 1 saturated carbocycles.